The Labute approximate surface area is 403 Å². The number of ether oxygens (including phenoxy) is 3. The lowest BCUT2D eigenvalue weighted by atomic mass is 10.0. The number of carbonyl (C=O) groups excluding carboxylic acids is 3. The highest BCUT2D eigenvalue weighted by Gasteiger charge is 2.19. The van der Waals surface area contributed by atoms with Crippen LogP contribution in [0.5, 0.6) is 0 Å². The van der Waals surface area contributed by atoms with Gasteiger partial charge in [-0.05, 0) is 77.0 Å². The summed E-state index contributed by atoms with van der Waals surface area (Å²) in [5, 5.41) is 0. The van der Waals surface area contributed by atoms with Gasteiger partial charge in [0.2, 0.25) is 0 Å². The molecule has 0 amide bonds. The molecule has 0 N–H and O–H groups in total. The van der Waals surface area contributed by atoms with Gasteiger partial charge in [-0.1, -0.05) is 243 Å². The Morgan fingerprint density at radius 1 is 0.308 bits per heavy atom. The number of unbranched alkanes of at least 4 members (excludes halogenated alkanes) is 32. The summed E-state index contributed by atoms with van der Waals surface area (Å²) in [6.45, 7) is 6.57. The summed E-state index contributed by atoms with van der Waals surface area (Å²) >= 11 is 0. The highest BCUT2D eigenvalue weighted by Crippen LogP contribution is 2.16. The first-order valence-corrected chi connectivity index (χ1v) is 28.1. The standard InChI is InChI=1S/C59H106O6/c1-4-7-10-13-16-19-22-25-27-29-30-32-34-37-40-43-46-49-52-58(61)64-55-56(54-63-57(60)51-48-45-42-39-36-33-24-21-18-15-12-9-6-3)65-59(62)53-50-47-44-41-38-35-31-28-26-23-20-17-14-11-8-5-2/h12,15,19,21-22,24,27,29,56H,4-11,13-14,16-18,20,23,25-26,28,30-55H2,1-3H3/b15-12-,22-19-,24-21-,29-27-. The first-order chi connectivity index (χ1) is 32.0. The summed E-state index contributed by atoms with van der Waals surface area (Å²) < 4.78 is 16.8. The van der Waals surface area contributed by atoms with E-state index in [1.165, 1.54) is 154 Å². The molecule has 1 atom stereocenters. The quantitative estimate of drug-likeness (QED) is 0.0262. The molecular weight excluding hydrogens is 805 g/mol. The minimum atomic E-state index is -0.779. The third-order valence-corrected chi connectivity index (χ3v) is 12.3. The summed E-state index contributed by atoms with van der Waals surface area (Å²) in [4.78, 5) is 38.1. The van der Waals surface area contributed by atoms with E-state index >= 15 is 0 Å². The van der Waals surface area contributed by atoms with Gasteiger partial charge in [0, 0.05) is 19.3 Å². The zero-order chi connectivity index (χ0) is 47.2. The van der Waals surface area contributed by atoms with Crippen LogP contribution in [0, 0.1) is 0 Å². The van der Waals surface area contributed by atoms with E-state index in [1.807, 2.05) is 0 Å². The lowest BCUT2D eigenvalue weighted by molar-refractivity contribution is -0.167. The van der Waals surface area contributed by atoms with Gasteiger partial charge >= 0.3 is 17.9 Å². The number of esters is 3. The molecule has 0 aromatic heterocycles. The summed E-state index contributed by atoms with van der Waals surface area (Å²) in [6, 6.07) is 0. The van der Waals surface area contributed by atoms with Gasteiger partial charge in [0.05, 0.1) is 0 Å². The van der Waals surface area contributed by atoms with E-state index in [1.54, 1.807) is 0 Å². The third kappa shape index (κ3) is 52.2. The lowest BCUT2D eigenvalue weighted by Crippen LogP contribution is -2.30. The van der Waals surface area contributed by atoms with E-state index in [4.69, 9.17) is 14.2 Å². The van der Waals surface area contributed by atoms with Crippen molar-refractivity contribution in [3.05, 3.63) is 48.6 Å². The molecule has 0 saturated carbocycles. The highest BCUT2D eigenvalue weighted by atomic mass is 16.6. The SMILES string of the molecule is CCC/C=C\C/C=C\CCCCCCCC(=O)OCC(COC(=O)CCCCCCCCC/C=C\C/C=C\CCCCCC)OC(=O)CCCCCCCCCCCCCCCCCC. The van der Waals surface area contributed by atoms with Gasteiger partial charge in [-0.25, -0.2) is 0 Å². The molecule has 6 nitrogen and oxygen atoms in total. The number of hydrogen-bond acceptors (Lipinski definition) is 6. The van der Waals surface area contributed by atoms with E-state index in [-0.39, 0.29) is 31.1 Å². The lowest BCUT2D eigenvalue weighted by Gasteiger charge is -2.18. The summed E-state index contributed by atoms with van der Waals surface area (Å²) in [7, 11) is 0. The van der Waals surface area contributed by atoms with Crippen LogP contribution in [0.1, 0.15) is 290 Å². The molecule has 378 valence electrons. The topological polar surface area (TPSA) is 78.9 Å². The molecule has 0 aliphatic rings. The highest BCUT2D eigenvalue weighted by molar-refractivity contribution is 5.71. The minimum absolute atomic E-state index is 0.0793. The van der Waals surface area contributed by atoms with Crippen LogP contribution in [-0.2, 0) is 28.6 Å². The van der Waals surface area contributed by atoms with E-state index < -0.39 is 6.10 Å². The van der Waals surface area contributed by atoms with E-state index in [9.17, 15) is 14.4 Å². The molecule has 65 heavy (non-hydrogen) atoms. The predicted octanol–water partition coefficient (Wildman–Crippen LogP) is 18.7. The Morgan fingerprint density at radius 2 is 0.585 bits per heavy atom. The molecule has 0 heterocycles. The minimum Gasteiger partial charge on any atom is -0.462 e. The maximum Gasteiger partial charge on any atom is 0.306 e. The smallest absolute Gasteiger partial charge is 0.306 e. The van der Waals surface area contributed by atoms with E-state index in [2.05, 4.69) is 69.4 Å². The maximum atomic E-state index is 12.8. The zero-order valence-electron chi connectivity index (χ0n) is 43.3. The second-order valence-corrected chi connectivity index (χ2v) is 18.8. The molecule has 0 rings (SSSR count). The Bertz CT molecular complexity index is 1140. The van der Waals surface area contributed by atoms with Crippen LogP contribution < -0.4 is 0 Å². The Balaban J connectivity index is 4.36. The van der Waals surface area contributed by atoms with Crippen LogP contribution in [0.2, 0.25) is 0 Å². The molecular formula is C59H106O6. The number of rotatable bonds is 51. The molecule has 0 radical (unpaired) electrons. The van der Waals surface area contributed by atoms with Crippen molar-refractivity contribution < 1.29 is 28.6 Å². The number of hydrogen-bond donors (Lipinski definition) is 0. The molecule has 0 aliphatic carbocycles. The van der Waals surface area contributed by atoms with Crippen molar-refractivity contribution >= 4 is 17.9 Å². The van der Waals surface area contributed by atoms with Crippen LogP contribution in [0.15, 0.2) is 48.6 Å². The van der Waals surface area contributed by atoms with Crippen molar-refractivity contribution in [2.24, 2.45) is 0 Å². The average Bonchev–Trinajstić information content (AvgIpc) is 3.30. The first kappa shape index (κ1) is 62.4. The molecule has 0 aromatic rings. The van der Waals surface area contributed by atoms with Crippen LogP contribution in [0.25, 0.3) is 0 Å². The number of carbonyl (C=O) groups is 3. The van der Waals surface area contributed by atoms with Crippen molar-refractivity contribution in [3.63, 3.8) is 0 Å². The van der Waals surface area contributed by atoms with Crippen molar-refractivity contribution in [1.82, 2.24) is 0 Å². The number of allylic oxidation sites excluding steroid dienone is 8. The van der Waals surface area contributed by atoms with Gasteiger partial charge in [0.25, 0.3) is 0 Å². The van der Waals surface area contributed by atoms with Crippen LogP contribution >= 0.6 is 0 Å². The molecule has 0 aromatic carbocycles. The van der Waals surface area contributed by atoms with Crippen molar-refractivity contribution in [2.45, 2.75) is 297 Å². The van der Waals surface area contributed by atoms with Crippen LogP contribution in [-0.4, -0.2) is 37.2 Å². The predicted molar refractivity (Wildman–Crippen MR) is 279 cm³/mol. The Kier molecular flexibility index (Phi) is 51.8. The van der Waals surface area contributed by atoms with Crippen molar-refractivity contribution in [1.29, 1.82) is 0 Å². The van der Waals surface area contributed by atoms with Gasteiger partial charge in [-0.3, -0.25) is 14.4 Å². The molecule has 1 unspecified atom stereocenters. The van der Waals surface area contributed by atoms with Crippen LogP contribution in [0.4, 0.5) is 0 Å². The Morgan fingerprint density at radius 3 is 0.923 bits per heavy atom. The van der Waals surface area contributed by atoms with Gasteiger partial charge < -0.3 is 14.2 Å². The summed E-state index contributed by atoms with van der Waals surface area (Å²) in [5.41, 5.74) is 0. The van der Waals surface area contributed by atoms with Gasteiger partial charge in [0.1, 0.15) is 13.2 Å². The summed E-state index contributed by atoms with van der Waals surface area (Å²) in [6.07, 6.45) is 65.2. The fourth-order valence-corrected chi connectivity index (χ4v) is 8.04. The molecule has 0 saturated heterocycles. The van der Waals surface area contributed by atoms with E-state index in [0.717, 1.165) is 96.3 Å². The third-order valence-electron chi connectivity index (χ3n) is 12.3. The van der Waals surface area contributed by atoms with Crippen molar-refractivity contribution in [3.8, 4) is 0 Å². The summed E-state index contributed by atoms with van der Waals surface area (Å²) in [5.74, 6) is -0.888. The molecule has 0 fully saturated rings. The van der Waals surface area contributed by atoms with Gasteiger partial charge in [0.15, 0.2) is 6.10 Å². The van der Waals surface area contributed by atoms with Crippen molar-refractivity contribution in [2.75, 3.05) is 13.2 Å². The molecule has 0 bridgehead atoms. The monoisotopic (exact) mass is 911 g/mol. The van der Waals surface area contributed by atoms with Gasteiger partial charge in [-0.2, -0.15) is 0 Å². The molecule has 0 aliphatic heterocycles. The average molecular weight is 911 g/mol. The Hall–Kier alpha value is -2.63. The normalized spacial score (nSPS) is 12.4. The van der Waals surface area contributed by atoms with Crippen LogP contribution in [0.3, 0.4) is 0 Å². The second kappa shape index (κ2) is 54.0. The maximum absolute atomic E-state index is 12.8. The zero-order valence-corrected chi connectivity index (χ0v) is 43.3. The second-order valence-electron chi connectivity index (χ2n) is 18.8. The first-order valence-electron chi connectivity index (χ1n) is 28.1. The fourth-order valence-electron chi connectivity index (χ4n) is 8.04. The van der Waals surface area contributed by atoms with Gasteiger partial charge in [-0.15, -0.1) is 0 Å². The molecule has 0 spiro atoms. The molecule has 6 heteroatoms. The largest absolute Gasteiger partial charge is 0.462 e. The fraction of sp³-hybridized carbons (Fsp3) is 0.814. The van der Waals surface area contributed by atoms with E-state index in [0.29, 0.717) is 19.3 Å².